The highest BCUT2D eigenvalue weighted by molar-refractivity contribution is 6.13. The zero-order valence-electron chi connectivity index (χ0n) is 38.8. The number of benzene rings is 10. The molecule has 0 fully saturated rings. The third kappa shape index (κ3) is 7.29. The lowest BCUT2D eigenvalue weighted by molar-refractivity contribution is 1.19. The smallest absolute Gasteiger partial charge is 0.161 e. The molecule has 0 saturated carbocycles. The molecule has 0 saturated heterocycles. The zero-order chi connectivity index (χ0) is 47.5. The first-order chi connectivity index (χ1) is 35.6. The van der Waals surface area contributed by atoms with Gasteiger partial charge >= 0.3 is 0 Å². The Morgan fingerprint density at radius 2 is 0.514 bits per heavy atom. The van der Waals surface area contributed by atoms with Gasteiger partial charge in [-0.25, -0.2) is 19.9 Å². The minimum atomic E-state index is 0.671. The molecule has 0 amide bonds. The van der Waals surface area contributed by atoms with Gasteiger partial charge in [-0.3, -0.25) is 9.97 Å². The van der Waals surface area contributed by atoms with E-state index in [0.717, 1.165) is 132 Å². The number of para-hydroxylation sites is 2. The summed E-state index contributed by atoms with van der Waals surface area (Å²) in [7, 11) is 0. The average Bonchev–Trinajstić information content (AvgIpc) is 3.45. The van der Waals surface area contributed by atoms with E-state index in [-0.39, 0.29) is 0 Å². The molecule has 4 aromatic heterocycles. The fourth-order valence-electron chi connectivity index (χ4n) is 10.3. The molecule has 0 aliphatic carbocycles. The van der Waals surface area contributed by atoms with Gasteiger partial charge in [0.15, 0.2) is 11.6 Å². The Kier molecular flexibility index (Phi) is 9.74. The molecular weight excluding hydrogens is 877 g/mol. The molecule has 6 nitrogen and oxygen atoms in total. The van der Waals surface area contributed by atoms with Gasteiger partial charge < -0.3 is 0 Å². The van der Waals surface area contributed by atoms with E-state index in [0.29, 0.717) is 11.6 Å². The molecule has 10 aromatic carbocycles. The largest absolute Gasteiger partial charge is 0.256 e. The number of hydrogen-bond acceptors (Lipinski definition) is 6. The first-order valence-corrected chi connectivity index (χ1v) is 24.2. The van der Waals surface area contributed by atoms with Crippen LogP contribution in [0, 0.1) is 0 Å². The highest BCUT2D eigenvalue weighted by Crippen LogP contribution is 2.40. The fraction of sp³-hybridized carbons (Fsp3) is 0. The van der Waals surface area contributed by atoms with Gasteiger partial charge in [0, 0.05) is 56.5 Å². The third-order valence-electron chi connectivity index (χ3n) is 13.9. The summed E-state index contributed by atoms with van der Waals surface area (Å²) in [4.78, 5) is 31.0. The molecule has 334 valence electrons. The Labute approximate surface area is 414 Å². The van der Waals surface area contributed by atoms with E-state index in [2.05, 4.69) is 194 Å². The van der Waals surface area contributed by atoms with E-state index < -0.39 is 0 Å². The van der Waals surface area contributed by atoms with Crippen LogP contribution >= 0.6 is 0 Å². The van der Waals surface area contributed by atoms with Gasteiger partial charge in [-0.05, 0) is 103 Å². The van der Waals surface area contributed by atoms with Gasteiger partial charge in [0.1, 0.15) is 0 Å². The second-order valence-electron chi connectivity index (χ2n) is 18.3. The summed E-state index contributed by atoms with van der Waals surface area (Å²) in [6.07, 6.45) is 3.84. The van der Waals surface area contributed by atoms with Crippen molar-refractivity contribution in [1.29, 1.82) is 0 Å². The van der Waals surface area contributed by atoms with Crippen molar-refractivity contribution >= 4 is 64.9 Å². The van der Waals surface area contributed by atoms with Gasteiger partial charge in [-0.15, -0.1) is 0 Å². The Bertz CT molecular complexity index is 4060. The molecule has 4 heterocycles. The maximum absolute atomic E-state index is 5.37. The number of fused-ring (bicyclic) bond motifs is 6. The molecule has 0 radical (unpaired) electrons. The first kappa shape index (κ1) is 41.2. The Morgan fingerprint density at radius 3 is 0.875 bits per heavy atom. The average molecular weight is 917 g/mol. The molecule has 0 unspecified atom stereocenters. The number of pyridine rings is 2. The van der Waals surface area contributed by atoms with E-state index in [1.807, 2.05) is 48.8 Å². The van der Waals surface area contributed by atoms with Crippen molar-refractivity contribution in [3.63, 3.8) is 0 Å². The minimum Gasteiger partial charge on any atom is -0.256 e. The third-order valence-corrected chi connectivity index (χ3v) is 13.9. The summed E-state index contributed by atoms with van der Waals surface area (Å²) in [5.41, 5.74) is 13.2. The van der Waals surface area contributed by atoms with Crippen molar-refractivity contribution < 1.29 is 0 Å². The molecule has 0 aliphatic heterocycles. The van der Waals surface area contributed by atoms with Crippen molar-refractivity contribution in [2.24, 2.45) is 0 Å². The van der Waals surface area contributed by atoms with Crippen LogP contribution in [0.5, 0.6) is 0 Å². The van der Waals surface area contributed by atoms with Crippen LogP contribution in [0.4, 0.5) is 0 Å². The van der Waals surface area contributed by atoms with Crippen molar-refractivity contribution in [2.75, 3.05) is 0 Å². The molecule has 14 rings (SSSR count). The van der Waals surface area contributed by atoms with Crippen molar-refractivity contribution in [3.05, 3.63) is 243 Å². The quantitative estimate of drug-likeness (QED) is 0.148. The lowest BCUT2D eigenvalue weighted by atomic mass is 9.95. The van der Waals surface area contributed by atoms with Gasteiger partial charge in [0.05, 0.1) is 33.8 Å². The van der Waals surface area contributed by atoms with Gasteiger partial charge in [0.2, 0.25) is 0 Å². The van der Waals surface area contributed by atoms with E-state index in [9.17, 15) is 0 Å². The van der Waals surface area contributed by atoms with E-state index in [1.165, 1.54) is 0 Å². The highest BCUT2D eigenvalue weighted by atomic mass is 14.9. The number of rotatable bonds is 7. The molecule has 0 bridgehead atoms. The van der Waals surface area contributed by atoms with Crippen LogP contribution < -0.4 is 0 Å². The molecule has 14 aromatic rings. The molecule has 0 atom stereocenters. The van der Waals surface area contributed by atoms with Crippen LogP contribution in [0.3, 0.4) is 0 Å². The Balaban J connectivity index is 0.863. The number of aromatic nitrogens is 6. The predicted octanol–water partition coefficient (Wildman–Crippen LogP) is 16.6. The molecule has 0 spiro atoms. The fourth-order valence-corrected chi connectivity index (χ4v) is 10.3. The zero-order valence-corrected chi connectivity index (χ0v) is 38.8. The number of hydrogen-bond donors (Lipinski definition) is 0. The maximum Gasteiger partial charge on any atom is 0.161 e. The molecule has 72 heavy (non-hydrogen) atoms. The van der Waals surface area contributed by atoms with Crippen LogP contribution in [0.25, 0.3) is 144 Å². The van der Waals surface area contributed by atoms with Crippen LogP contribution in [0.2, 0.25) is 0 Å². The summed E-state index contributed by atoms with van der Waals surface area (Å²) in [5, 5.41) is 11.1. The van der Waals surface area contributed by atoms with Crippen LogP contribution in [0.1, 0.15) is 0 Å². The van der Waals surface area contributed by atoms with Gasteiger partial charge in [-0.1, -0.05) is 182 Å². The second kappa shape index (κ2) is 17.0. The Hall–Kier alpha value is -9.78. The highest BCUT2D eigenvalue weighted by Gasteiger charge is 2.19. The van der Waals surface area contributed by atoms with E-state index in [1.54, 1.807) is 0 Å². The number of nitrogens with zero attached hydrogens (tertiary/aromatic N) is 6. The summed E-state index contributed by atoms with van der Waals surface area (Å²) in [6.45, 7) is 0. The molecular formula is C66H40N6. The predicted molar refractivity (Wildman–Crippen MR) is 296 cm³/mol. The summed E-state index contributed by atoms with van der Waals surface area (Å²) < 4.78 is 0. The normalized spacial score (nSPS) is 11.6. The first-order valence-electron chi connectivity index (χ1n) is 24.2. The summed E-state index contributed by atoms with van der Waals surface area (Å²) in [5.74, 6) is 1.34. The van der Waals surface area contributed by atoms with E-state index >= 15 is 0 Å². The molecule has 0 aliphatic rings. The molecule has 0 N–H and O–H groups in total. The van der Waals surface area contributed by atoms with Crippen LogP contribution in [-0.4, -0.2) is 29.9 Å². The maximum atomic E-state index is 5.37. The Morgan fingerprint density at radius 1 is 0.222 bits per heavy atom. The second-order valence-corrected chi connectivity index (χ2v) is 18.3. The summed E-state index contributed by atoms with van der Waals surface area (Å²) in [6, 6.07) is 80.8. The lowest BCUT2D eigenvalue weighted by Crippen LogP contribution is -1.98. The monoisotopic (exact) mass is 916 g/mol. The minimum absolute atomic E-state index is 0.671. The SMILES string of the molecule is c1ccc2ncc(-c3cc(-c4ccc(-c5ccc(-c6cc(-c7cnc8ccccc8c7)nc(-c7c8ccccc8cc8ccccc78)n6)cc5)cc4)nc(-c4c5ccccc5cc5ccccc45)n3)cc2c1. The topological polar surface area (TPSA) is 77.3 Å². The summed E-state index contributed by atoms with van der Waals surface area (Å²) >= 11 is 0. The van der Waals surface area contributed by atoms with Crippen LogP contribution in [-0.2, 0) is 0 Å². The molecule has 6 heteroatoms. The van der Waals surface area contributed by atoms with E-state index in [4.69, 9.17) is 29.9 Å². The van der Waals surface area contributed by atoms with Crippen molar-refractivity contribution in [1.82, 2.24) is 29.9 Å². The van der Waals surface area contributed by atoms with Crippen molar-refractivity contribution in [3.8, 4) is 78.9 Å². The van der Waals surface area contributed by atoms with Crippen LogP contribution in [0.15, 0.2) is 243 Å². The van der Waals surface area contributed by atoms with Gasteiger partial charge in [0.25, 0.3) is 0 Å². The lowest BCUT2D eigenvalue weighted by Gasteiger charge is -2.14. The standard InChI is InChI=1S/C66H40N6/c1-7-19-53-45(13-1)33-46-14-2-8-20-54(46)63(53)65-69-59(37-61(71-65)51-35-49-17-5-11-23-57(49)67-39-51)43-29-25-41(26-30-43)42-27-31-44(32-28-42)60-38-62(52-36-50-18-6-12-24-58(50)68-40-52)72-66(70-60)64-55-21-9-3-15-47(55)34-48-16-4-10-22-56(48)64/h1-40H. The van der Waals surface area contributed by atoms with Gasteiger partial charge in [-0.2, -0.15) is 0 Å². The van der Waals surface area contributed by atoms with Crippen molar-refractivity contribution in [2.45, 2.75) is 0 Å².